The maximum absolute atomic E-state index is 11.7. The molecule has 0 amide bonds. The molecule has 2 heterocycles. The van der Waals surface area contributed by atoms with Crippen molar-refractivity contribution in [3.05, 3.63) is 53.1 Å². The molecule has 0 fully saturated rings. The molecule has 0 aliphatic rings. The summed E-state index contributed by atoms with van der Waals surface area (Å²) in [6, 6.07) is 8.62. The normalized spacial score (nSPS) is 10.8. The van der Waals surface area contributed by atoms with Crippen LogP contribution in [0.3, 0.4) is 0 Å². The number of aromatic nitrogens is 2. The molecule has 6 nitrogen and oxygen atoms in total. The van der Waals surface area contributed by atoms with Crippen LogP contribution in [0.15, 0.2) is 47.5 Å². The number of nitrogens with two attached hydrogens (primary N) is 1. The van der Waals surface area contributed by atoms with Gasteiger partial charge >= 0.3 is 7.12 Å². The van der Waals surface area contributed by atoms with Gasteiger partial charge in [-0.15, -0.1) is 0 Å². The number of H-pyrrole nitrogens is 1. The summed E-state index contributed by atoms with van der Waals surface area (Å²) in [7, 11) is -1.61. The number of nitrogens with zero attached hydrogens (tertiary/aromatic N) is 1. The summed E-state index contributed by atoms with van der Waals surface area (Å²) in [5, 5.41) is 19.8. The van der Waals surface area contributed by atoms with Crippen molar-refractivity contribution in [3.8, 4) is 11.1 Å². The lowest BCUT2D eigenvalue weighted by Crippen LogP contribution is -2.30. The zero-order chi connectivity index (χ0) is 15.0. The molecule has 0 saturated heterocycles. The van der Waals surface area contributed by atoms with Crippen molar-refractivity contribution in [2.45, 2.75) is 0 Å². The van der Waals surface area contributed by atoms with Gasteiger partial charge in [0.05, 0.1) is 0 Å². The minimum atomic E-state index is -1.61. The molecule has 21 heavy (non-hydrogen) atoms. The Morgan fingerprint density at radius 2 is 2.00 bits per heavy atom. The summed E-state index contributed by atoms with van der Waals surface area (Å²) in [6.07, 6.45) is 2.89. The molecule has 3 rings (SSSR count). The minimum absolute atomic E-state index is 0.162. The first-order chi connectivity index (χ1) is 10.1. The van der Waals surface area contributed by atoms with Crippen LogP contribution in [0.2, 0.25) is 0 Å². The average Bonchev–Trinajstić information content (AvgIpc) is 2.47. The predicted molar refractivity (Wildman–Crippen MR) is 82.0 cm³/mol. The van der Waals surface area contributed by atoms with Crippen LogP contribution in [0.1, 0.15) is 0 Å². The van der Waals surface area contributed by atoms with Crippen molar-refractivity contribution in [2.24, 2.45) is 0 Å². The topological polar surface area (TPSA) is 112 Å². The van der Waals surface area contributed by atoms with Gasteiger partial charge in [0.15, 0.2) is 0 Å². The van der Waals surface area contributed by atoms with Crippen LogP contribution in [0.25, 0.3) is 21.9 Å². The third kappa shape index (κ3) is 2.40. The summed E-state index contributed by atoms with van der Waals surface area (Å²) in [6.45, 7) is 0. The molecular weight excluding hydrogens is 269 g/mol. The lowest BCUT2D eigenvalue weighted by molar-refractivity contribution is 0.425. The van der Waals surface area contributed by atoms with E-state index in [1.165, 1.54) is 6.20 Å². The first-order valence-corrected chi connectivity index (χ1v) is 6.29. The first kappa shape index (κ1) is 13.4. The van der Waals surface area contributed by atoms with Crippen LogP contribution in [-0.4, -0.2) is 27.1 Å². The molecule has 104 valence electrons. The highest BCUT2D eigenvalue weighted by Crippen LogP contribution is 2.25. The number of hydrogen-bond acceptors (Lipinski definition) is 5. The maximum Gasteiger partial charge on any atom is 0.490 e. The van der Waals surface area contributed by atoms with Gasteiger partial charge in [-0.25, -0.2) is 4.98 Å². The number of anilines is 1. The van der Waals surface area contributed by atoms with Gasteiger partial charge in [-0.2, -0.15) is 0 Å². The number of aromatic amines is 1. The van der Waals surface area contributed by atoms with E-state index in [-0.39, 0.29) is 16.8 Å². The molecule has 0 atom stereocenters. The summed E-state index contributed by atoms with van der Waals surface area (Å²) in [5.74, 6) is 0.281. The van der Waals surface area contributed by atoms with Crippen molar-refractivity contribution in [1.29, 1.82) is 0 Å². The molecular formula is C14H12BN3O3. The number of benzene rings is 1. The van der Waals surface area contributed by atoms with E-state index in [1.54, 1.807) is 30.5 Å². The van der Waals surface area contributed by atoms with Crippen LogP contribution in [0.5, 0.6) is 0 Å². The number of pyridine rings is 2. The largest absolute Gasteiger partial charge is 0.490 e. The lowest BCUT2D eigenvalue weighted by Gasteiger charge is -2.08. The Labute approximate surface area is 120 Å². The molecule has 0 aliphatic carbocycles. The van der Waals surface area contributed by atoms with Gasteiger partial charge in [-0.3, -0.25) is 4.79 Å². The van der Waals surface area contributed by atoms with Crippen LogP contribution >= 0.6 is 0 Å². The van der Waals surface area contributed by atoms with Crippen molar-refractivity contribution in [1.82, 2.24) is 9.97 Å². The lowest BCUT2D eigenvalue weighted by atomic mass is 9.80. The van der Waals surface area contributed by atoms with Crippen LogP contribution in [0.4, 0.5) is 5.82 Å². The highest BCUT2D eigenvalue weighted by molar-refractivity contribution is 6.58. The second kappa shape index (κ2) is 5.04. The Morgan fingerprint density at radius 1 is 1.19 bits per heavy atom. The molecule has 5 N–H and O–H groups in total. The maximum atomic E-state index is 11.7. The predicted octanol–water partition coefficient (Wildman–Crippen LogP) is -0.148. The fourth-order valence-electron chi connectivity index (χ4n) is 2.22. The molecule has 0 radical (unpaired) electrons. The Balaban J connectivity index is 2.21. The molecule has 3 aromatic rings. The average molecular weight is 281 g/mol. The van der Waals surface area contributed by atoms with E-state index >= 15 is 0 Å². The summed E-state index contributed by atoms with van der Waals surface area (Å²) >= 11 is 0. The standard InChI is InChI=1S/C14H12BN3O3/c16-13-12(6-10(7-18-13)15(20)21)8-1-2-11-9(5-8)3-4-17-14(11)19/h1-7,20-21H,(H2,16,18)(H,17,19). The second-order valence-electron chi connectivity index (χ2n) is 4.68. The van der Waals surface area contributed by atoms with Gasteiger partial charge in [0.2, 0.25) is 0 Å². The molecule has 2 aromatic heterocycles. The van der Waals surface area contributed by atoms with Crippen LogP contribution in [0, 0.1) is 0 Å². The number of nitrogens with one attached hydrogen (secondary N) is 1. The number of nitrogen functional groups attached to an aromatic ring is 1. The van der Waals surface area contributed by atoms with E-state index in [1.807, 2.05) is 6.07 Å². The fraction of sp³-hybridized carbons (Fsp3) is 0. The Hall–Kier alpha value is -2.64. The van der Waals surface area contributed by atoms with Gasteiger partial charge in [0.25, 0.3) is 5.56 Å². The highest BCUT2D eigenvalue weighted by Gasteiger charge is 2.14. The van der Waals surface area contributed by atoms with Gasteiger partial charge in [-0.1, -0.05) is 6.07 Å². The van der Waals surface area contributed by atoms with E-state index in [9.17, 15) is 14.8 Å². The van der Waals surface area contributed by atoms with Crippen molar-refractivity contribution in [3.63, 3.8) is 0 Å². The van der Waals surface area contributed by atoms with Crippen molar-refractivity contribution in [2.75, 3.05) is 5.73 Å². The molecule has 0 aliphatic heterocycles. The fourth-order valence-corrected chi connectivity index (χ4v) is 2.22. The van der Waals surface area contributed by atoms with E-state index in [0.717, 1.165) is 10.9 Å². The minimum Gasteiger partial charge on any atom is -0.423 e. The Kier molecular flexibility index (Phi) is 3.21. The summed E-state index contributed by atoms with van der Waals surface area (Å²) < 4.78 is 0. The molecule has 1 aromatic carbocycles. The van der Waals surface area contributed by atoms with Gasteiger partial charge in [-0.05, 0) is 35.2 Å². The van der Waals surface area contributed by atoms with E-state index in [2.05, 4.69) is 9.97 Å². The zero-order valence-electron chi connectivity index (χ0n) is 10.9. The third-order valence-corrected chi connectivity index (χ3v) is 3.32. The molecule has 0 saturated carbocycles. The van der Waals surface area contributed by atoms with Gasteiger partial charge in [0.1, 0.15) is 5.82 Å². The van der Waals surface area contributed by atoms with Crippen molar-refractivity contribution < 1.29 is 10.0 Å². The van der Waals surface area contributed by atoms with Crippen LogP contribution in [-0.2, 0) is 0 Å². The highest BCUT2D eigenvalue weighted by atomic mass is 16.4. The van der Waals surface area contributed by atoms with Gasteiger partial charge in [0, 0.05) is 28.8 Å². The van der Waals surface area contributed by atoms with Gasteiger partial charge < -0.3 is 20.8 Å². The Bertz CT molecular complexity index is 877. The molecule has 7 heteroatoms. The number of rotatable bonds is 2. The first-order valence-electron chi connectivity index (χ1n) is 6.29. The SMILES string of the molecule is Nc1ncc(B(O)O)cc1-c1ccc2c(=O)[nH]ccc2c1. The van der Waals surface area contributed by atoms with Crippen LogP contribution < -0.4 is 16.8 Å². The quantitative estimate of drug-likeness (QED) is 0.488. The molecule has 0 spiro atoms. The zero-order valence-corrected chi connectivity index (χ0v) is 10.9. The Morgan fingerprint density at radius 3 is 2.76 bits per heavy atom. The third-order valence-electron chi connectivity index (χ3n) is 3.32. The number of fused-ring (bicyclic) bond motifs is 1. The smallest absolute Gasteiger partial charge is 0.423 e. The number of hydrogen-bond donors (Lipinski definition) is 4. The second-order valence-corrected chi connectivity index (χ2v) is 4.68. The molecule has 0 unspecified atom stereocenters. The summed E-state index contributed by atoms with van der Waals surface area (Å²) in [5.41, 5.74) is 7.28. The van der Waals surface area contributed by atoms with E-state index < -0.39 is 7.12 Å². The summed E-state index contributed by atoms with van der Waals surface area (Å²) in [4.78, 5) is 18.3. The van der Waals surface area contributed by atoms with E-state index in [4.69, 9.17) is 5.73 Å². The van der Waals surface area contributed by atoms with E-state index in [0.29, 0.717) is 10.9 Å². The monoisotopic (exact) mass is 281 g/mol. The van der Waals surface area contributed by atoms with Crippen molar-refractivity contribution >= 4 is 29.2 Å². The molecule has 0 bridgehead atoms.